The highest BCUT2D eigenvalue weighted by Crippen LogP contribution is 2.13. The molecule has 0 bridgehead atoms. The summed E-state index contributed by atoms with van der Waals surface area (Å²) in [5.74, 6) is 0. The minimum absolute atomic E-state index is 0.660. The molecule has 3 nitrogen and oxygen atoms in total. The van der Waals surface area contributed by atoms with Crippen LogP contribution in [0.2, 0.25) is 0 Å². The molecular formula is C13H28N2O. The van der Waals surface area contributed by atoms with Gasteiger partial charge in [-0.05, 0) is 52.7 Å². The van der Waals surface area contributed by atoms with Crippen molar-refractivity contribution in [3.05, 3.63) is 0 Å². The molecule has 0 aliphatic carbocycles. The van der Waals surface area contributed by atoms with Gasteiger partial charge in [0, 0.05) is 25.3 Å². The molecule has 1 heterocycles. The second kappa shape index (κ2) is 8.04. The Morgan fingerprint density at radius 2 is 2.06 bits per heavy atom. The summed E-state index contributed by atoms with van der Waals surface area (Å²) in [7, 11) is 2.26. The Kier molecular flexibility index (Phi) is 7.01. The minimum Gasteiger partial charge on any atom is -0.381 e. The Morgan fingerprint density at radius 1 is 1.38 bits per heavy atom. The molecule has 1 aliphatic heterocycles. The van der Waals surface area contributed by atoms with E-state index in [1.165, 1.54) is 32.2 Å². The lowest BCUT2D eigenvalue weighted by atomic mass is 10.1. The van der Waals surface area contributed by atoms with Crippen molar-refractivity contribution in [1.29, 1.82) is 0 Å². The molecule has 1 rings (SSSR count). The molecule has 0 spiro atoms. The maximum Gasteiger partial charge on any atom is 0.0480 e. The molecule has 0 aromatic heterocycles. The van der Waals surface area contributed by atoms with Crippen LogP contribution in [0.3, 0.4) is 0 Å². The first kappa shape index (κ1) is 13.9. The summed E-state index contributed by atoms with van der Waals surface area (Å²) in [6.45, 7) is 8.64. The summed E-state index contributed by atoms with van der Waals surface area (Å²) in [5.41, 5.74) is 0. The van der Waals surface area contributed by atoms with E-state index in [1.54, 1.807) is 0 Å². The summed E-state index contributed by atoms with van der Waals surface area (Å²) in [6.07, 6.45) is 4.99. The molecule has 0 aromatic carbocycles. The number of ether oxygens (including phenoxy) is 1. The molecule has 0 amide bonds. The van der Waals surface area contributed by atoms with Crippen LogP contribution in [0.15, 0.2) is 0 Å². The summed E-state index contributed by atoms with van der Waals surface area (Å²) in [4.78, 5) is 2.52. The second-order valence-corrected chi connectivity index (χ2v) is 4.93. The highest BCUT2D eigenvalue weighted by Gasteiger charge is 2.17. The Hall–Kier alpha value is -0.120. The molecule has 1 fully saturated rings. The lowest BCUT2D eigenvalue weighted by molar-refractivity contribution is 0.0424. The fourth-order valence-electron chi connectivity index (χ4n) is 2.41. The highest BCUT2D eigenvalue weighted by atomic mass is 16.5. The number of hydrogen-bond acceptors (Lipinski definition) is 3. The monoisotopic (exact) mass is 228 g/mol. The molecule has 16 heavy (non-hydrogen) atoms. The topological polar surface area (TPSA) is 24.5 Å². The van der Waals surface area contributed by atoms with E-state index in [2.05, 4.69) is 31.1 Å². The smallest absolute Gasteiger partial charge is 0.0480 e. The van der Waals surface area contributed by atoms with Gasteiger partial charge in [-0.25, -0.2) is 0 Å². The van der Waals surface area contributed by atoms with Gasteiger partial charge in [-0.2, -0.15) is 0 Å². The summed E-state index contributed by atoms with van der Waals surface area (Å²) < 4.78 is 5.39. The molecule has 0 radical (unpaired) electrons. The van der Waals surface area contributed by atoms with E-state index in [0.717, 1.165) is 25.8 Å². The van der Waals surface area contributed by atoms with Crippen molar-refractivity contribution < 1.29 is 4.74 Å². The molecule has 1 aliphatic rings. The highest BCUT2D eigenvalue weighted by molar-refractivity contribution is 4.72. The van der Waals surface area contributed by atoms with Crippen LogP contribution in [0.4, 0.5) is 0 Å². The fourth-order valence-corrected chi connectivity index (χ4v) is 2.41. The van der Waals surface area contributed by atoms with Gasteiger partial charge in [0.05, 0.1) is 0 Å². The predicted octanol–water partition coefficient (Wildman–Crippen LogP) is 1.88. The Labute approximate surface area is 101 Å². The summed E-state index contributed by atoms with van der Waals surface area (Å²) >= 11 is 0. The number of nitrogens with zero attached hydrogens (tertiary/aromatic N) is 1. The fraction of sp³-hybridized carbons (Fsp3) is 1.00. The maximum atomic E-state index is 5.39. The van der Waals surface area contributed by atoms with Gasteiger partial charge in [-0.1, -0.05) is 6.92 Å². The van der Waals surface area contributed by atoms with E-state index >= 15 is 0 Å². The van der Waals surface area contributed by atoms with Crippen molar-refractivity contribution in [2.24, 2.45) is 0 Å². The van der Waals surface area contributed by atoms with Gasteiger partial charge in [0.15, 0.2) is 0 Å². The van der Waals surface area contributed by atoms with Gasteiger partial charge in [-0.3, -0.25) is 0 Å². The average Bonchev–Trinajstić information content (AvgIpc) is 2.30. The lowest BCUT2D eigenvalue weighted by Crippen LogP contribution is -2.37. The van der Waals surface area contributed by atoms with Gasteiger partial charge < -0.3 is 15.0 Å². The van der Waals surface area contributed by atoms with Crippen molar-refractivity contribution in [3.8, 4) is 0 Å². The van der Waals surface area contributed by atoms with E-state index in [0.29, 0.717) is 6.04 Å². The first-order valence-corrected chi connectivity index (χ1v) is 6.75. The molecule has 1 saturated heterocycles. The van der Waals surface area contributed by atoms with Crippen molar-refractivity contribution in [2.75, 3.05) is 33.4 Å². The van der Waals surface area contributed by atoms with Crippen LogP contribution in [0.1, 0.15) is 39.5 Å². The molecule has 1 atom stereocenters. The maximum absolute atomic E-state index is 5.39. The largest absolute Gasteiger partial charge is 0.381 e. The SMILES string of the molecule is CCNC(C)CCCN(C)C1CCOCC1. The molecule has 0 saturated carbocycles. The van der Waals surface area contributed by atoms with Crippen LogP contribution in [0.5, 0.6) is 0 Å². The van der Waals surface area contributed by atoms with Crippen LogP contribution < -0.4 is 5.32 Å². The minimum atomic E-state index is 0.660. The van der Waals surface area contributed by atoms with E-state index in [1.807, 2.05) is 0 Å². The van der Waals surface area contributed by atoms with Gasteiger partial charge in [0.2, 0.25) is 0 Å². The Balaban J connectivity index is 2.07. The zero-order valence-electron chi connectivity index (χ0n) is 11.2. The number of rotatable bonds is 7. The van der Waals surface area contributed by atoms with Gasteiger partial charge in [0.1, 0.15) is 0 Å². The van der Waals surface area contributed by atoms with Gasteiger partial charge in [-0.15, -0.1) is 0 Å². The van der Waals surface area contributed by atoms with Crippen molar-refractivity contribution in [1.82, 2.24) is 10.2 Å². The predicted molar refractivity (Wildman–Crippen MR) is 68.8 cm³/mol. The normalized spacial score (nSPS) is 20.2. The number of nitrogens with one attached hydrogen (secondary N) is 1. The first-order valence-electron chi connectivity index (χ1n) is 6.75. The zero-order chi connectivity index (χ0) is 11.8. The third-order valence-electron chi connectivity index (χ3n) is 3.51. The molecule has 1 N–H and O–H groups in total. The Bertz CT molecular complexity index is 169. The third kappa shape index (κ3) is 5.28. The summed E-state index contributed by atoms with van der Waals surface area (Å²) in [6, 6.07) is 1.41. The first-order chi connectivity index (χ1) is 7.74. The van der Waals surface area contributed by atoms with Crippen molar-refractivity contribution in [2.45, 2.75) is 51.6 Å². The van der Waals surface area contributed by atoms with Crippen LogP contribution in [0, 0.1) is 0 Å². The average molecular weight is 228 g/mol. The van der Waals surface area contributed by atoms with Crippen molar-refractivity contribution in [3.63, 3.8) is 0 Å². The second-order valence-electron chi connectivity index (χ2n) is 4.93. The van der Waals surface area contributed by atoms with Crippen molar-refractivity contribution >= 4 is 0 Å². The van der Waals surface area contributed by atoms with E-state index in [9.17, 15) is 0 Å². The van der Waals surface area contributed by atoms with Crippen LogP contribution >= 0.6 is 0 Å². The van der Waals surface area contributed by atoms with Gasteiger partial charge >= 0.3 is 0 Å². The molecule has 0 aromatic rings. The van der Waals surface area contributed by atoms with Gasteiger partial charge in [0.25, 0.3) is 0 Å². The van der Waals surface area contributed by atoms with Crippen LogP contribution in [-0.4, -0.2) is 50.3 Å². The van der Waals surface area contributed by atoms with E-state index in [4.69, 9.17) is 4.74 Å². The number of hydrogen-bond donors (Lipinski definition) is 1. The quantitative estimate of drug-likeness (QED) is 0.720. The molecule has 96 valence electrons. The van der Waals surface area contributed by atoms with E-state index < -0.39 is 0 Å². The molecular weight excluding hydrogens is 200 g/mol. The zero-order valence-corrected chi connectivity index (χ0v) is 11.2. The standard InChI is InChI=1S/C13H28N2O/c1-4-14-12(2)6-5-9-15(3)13-7-10-16-11-8-13/h12-14H,4-11H2,1-3H3. The van der Waals surface area contributed by atoms with Crippen LogP contribution in [0.25, 0.3) is 0 Å². The Morgan fingerprint density at radius 3 is 2.69 bits per heavy atom. The molecule has 3 heteroatoms. The molecule has 1 unspecified atom stereocenters. The summed E-state index contributed by atoms with van der Waals surface area (Å²) in [5, 5.41) is 3.46. The third-order valence-corrected chi connectivity index (χ3v) is 3.51. The lowest BCUT2D eigenvalue weighted by Gasteiger charge is -2.31. The van der Waals surface area contributed by atoms with E-state index in [-0.39, 0.29) is 0 Å². The van der Waals surface area contributed by atoms with Crippen LogP contribution in [-0.2, 0) is 4.74 Å².